The third-order valence-corrected chi connectivity index (χ3v) is 7.36. The van der Waals surface area contributed by atoms with Crippen LogP contribution in [0.4, 0.5) is 10.2 Å². The molecule has 37 heavy (non-hydrogen) atoms. The molecule has 9 nitrogen and oxygen atoms in total. The average molecular weight is 512 g/mol. The van der Waals surface area contributed by atoms with Gasteiger partial charge in [-0.3, -0.25) is 0 Å². The maximum atomic E-state index is 15.2. The standard InChI is InChI=1S/C27H34FN5O4/c1-16-24(23-17(2)32-37-18(23)3)30-25(31-26(16)33-14-27(15-33)7-9-35-10-8-27)21-11-20(5-6-22(21)28)36-13-19(34)12-29-4/h5-6,11,19,29,34H,7-10,12-15H2,1-4H3/t19-/m1/s1. The lowest BCUT2D eigenvalue weighted by Crippen LogP contribution is -2.59. The van der Waals surface area contributed by atoms with Gasteiger partial charge in [0.1, 0.15) is 35.9 Å². The first-order valence-electron chi connectivity index (χ1n) is 12.7. The molecule has 5 rings (SSSR count). The molecule has 10 heteroatoms. The van der Waals surface area contributed by atoms with Crippen LogP contribution < -0.4 is 15.0 Å². The number of ether oxygens (including phenoxy) is 2. The lowest BCUT2D eigenvalue weighted by molar-refractivity contribution is -0.000490. The molecule has 0 radical (unpaired) electrons. The van der Waals surface area contributed by atoms with E-state index in [9.17, 15) is 5.11 Å². The van der Waals surface area contributed by atoms with E-state index in [-0.39, 0.29) is 23.4 Å². The van der Waals surface area contributed by atoms with Crippen molar-refractivity contribution >= 4 is 5.82 Å². The van der Waals surface area contributed by atoms with Crippen molar-refractivity contribution in [3.8, 4) is 28.4 Å². The number of aryl methyl sites for hydroxylation is 2. The Bertz CT molecular complexity index is 1250. The molecule has 2 aromatic heterocycles. The molecule has 0 unspecified atom stereocenters. The Kier molecular flexibility index (Phi) is 7.15. The molecule has 0 amide bonds. The third-order valence-electron chi connectivity index (χ3n) is 7.36. The van der Waals surface area contributed by atoms with Crippen molar-refractivity contribution in [1.82, 2.24) is 20.4 Å². The molecule has 4 heterocycles. The number of rotatable bonds is 8. The summed E-state index contributed by atoms with van der Waals surface area (Å²) in [5, 5.41) is 17.0. The van der Waals surface area contributed by atoms with Crippen LogP contribution in [0.2, 0.25) is 0 Å². The number of aliphatic hydroxyl groups excluding tert-OH is 1. The predicted octanol–water partition coefficient (Wildman–Crippen LogP) is 3.44. The second-order valence-electron chi connectivity index (χ2n) is 10.2. The fourth-order valence-corrected chi connectivity index (χ4v) is 5.28. The van der Waals surface area contributed by atoms with Gasteiger partial charge in [-0.1, -0.05) is 5.16 Å². The van der Waals surface area contributed by atoms with Crippen LogP contribution in [0.1, 0.15) is 29.9 Å². The van der Waals surface area contributed by atoms with Gasteiger partial charge in [-0.15, -0.1) is 0 Å². The molecule has 2 N–H and O–H groups in total. The molecule has 3 aromatic rings. The highest BCUT2D eigenvalue weighted by Gasteiger charge is 2.45. The average Bonchev–Trinajstić information content (AvgIpc) is 3.20. The van der Waals surface area contributed by atoms with E-state index in [1.54, 1.807) is 19.2 Å². The van der Waals surface area contributed by atoms with Gasteiger partial charge in [0.2, 0.25) is 0 Å². The van der Waals surface area contributed by atoms with Crippen LogP contribution in [-0.4, -0.2) is 72.8 Å². The van der Waals surface area contributed by atoms with Crippen molar-refractivity contribution < 1.29 is 23.5 Å². The van der Waals surface area contributed by atoms with E-state index in [2.05, 4.69) is 15.4 Å². The molecule has 2 fully saturated rings. The molecular weight excluding hydrogens is 477 g/mol. The van der Waals surface area contributed by atoms with E-state index in [0.29, 0.717) is 23.7 Å². The lowest BCUT2D eigenvalue weighted by Gasteiger charge is -2.53. The van der Waals surface area contributed by atoms with Gasteiger partial charge < -0.3 is 29.3 Å². The van der Waals surface area contributed by atoms with Crippen molar-refractivity contribution in [3.63, 3.8) is 0 Å². The first-order valence-corrected chi connectivity index (χ1v) is 12.7. The maximum Gasteiger partial charge on any atom is 0.165 e. The summed E-state index contributed by atoms with van der Waals surface area (Å²) >= 11 is 0. The normalized spacial score (nSPS) is 17.6. The van der Waals surface area contributed by atoms with E-state index in [0.717, 1.165) is 61.8 Å². The van der Waals surface area contributed by atoms with E-state index >= 15 is 4.39 Å². The Morgan fingerprint density at radius 2 is 1.95 bits per heavy atom. The fourth-order valence-electron chi connectivity index (χ4n) is 5.28. The Morgan fingerprint density at radius 1 is 1.19 bits per heavy atom. The van der Waals surface area contributed by atoms with E-state index in [4.69, 9.17) is 24.0 Å². The van der Waals surface area contributed by atoms with Crippen molar-refractivity contribution in [2.24, 2.45) is 5.41 Å². The summed E-state index contributed by atoms with van der Waals surface area (Å²) in [5.74, 6) is 1.68. The van der Waals surface area contributed by atoms with Gasteiger partial charge in [0.25, 0.3) is 0 Å². The van der Waals surface area contributed by atoms with E-state index in [1.807, 2.05) is 20.8 Å². The van der Waals surface area contributed by atoms with Crippen LogP contribution >= 0.6 is 0 Å². The van der Waals surface area contributed by atoms with Crippen LogP contribution in [0.5, 0.6) is 5.75 Å². The Morgan fingerprint density at radius 3 is 2.62 bits per heavy atom. The predicted molar refractivity (Wildman–Crippen MR) is 137 cm³/mol. The second kappa shape index (κ2) is 10.4. The number of benzene rings is 1. The maximum absolute atomic E-state index is 15.2. The van der Waals surface area contributed by atoms with Gasteiger partial charge in [-0.05, 0) is 58.9 Å². The fraction of sp³-hybridized carbons (Fsp3) is 0.519. The molecule has 2 aliphatic rings. The van der Waals surface area contributed by atoms with Gasteiger partial charge >= 0.3 is 0 Å². The summed E-state index contributed by atoms with van der Waals surface area (Å²) in [6, 6.07) is 4.47. The smallest absolute Gasteiger partial charge is 0.165 e. The number of aromatic nitrogens is 3. The lowest BCUT2D eigenvalue weighted by atomic mass is 9.73. The molecule has 0 aliphatic carbocycles. The van der Waals surface area contributed by atoms with Crippen LogP contribution in [0, 0.1) is 32.0 Å². The van der Waals surface area contributed by atoms with Crippen molar-refractivity contribution in [2.45, 2.75) is 39.7 Å². The Labute approximate surface area is 216 Å². The molecule has 0 saturated carbocycles. The molecule has 198 valence electrons. The van der Waals surface area contributed by atoms with Crippen molar-refractivity contribution in [2.75, 3.05) is 51.4 Å². The largest absolute Gasteiger partial charge is 0.491 e. The summed E-state index contributed by atoms with van der Waals surface area (Å²) in [5.41, 5.74) is 3.58. The highest BCUT2D eigenvalue weighted by Crippen LogP contribution is 2.44. The highest BCUT2D eigenvalue weighted by atomic mass is 19.1. The minimum atomic E-state index is -0.684. The van der Waals surface area contributed by atoms with Crippen LogP contribution in [0.3, 0.4) is 0 Å². The van der Waals surface area contributed by atoms with Gasteiger partial charge in [-0.25, -0.2) is 14.4 Å². The molecule has 0 bridgehead atoms. The topological polar surface area (TPSA) is 106 Å². The molecular formula is C27H34FN5O4. The number of halogens is 1. The van der Waals surface area contributed by atoms with Crippen LogP contribution in [0.25, 0.3) is 22.6 Å². The zero-order valence-corrected chi connectivity index (χ0v) is 21.8. The number of likely N-dealkylation sites (N-methyl/N-ethyl adjacent to an activating group) is 1. The van der Waals surface area contributed by atoms with Gasteiger partial charge in [0, 0.05) is 43.8 Å². The quantitative estimate of drug-likeness (QED) is 0.470. The minimum Gasteiger partial charge on any atom is -0.491 e. The van der Waals surface area contributed by atoms with Crippen LogP contribution in [0.15, 0.2) is 22.7 Å². The zero-order chi connectivity index (χ0) is 26.2. The Hall–Kier alpha value is -3.08. The zero-order valence-electron chi connectivity index (χ0n) is 21.8. The molecule has 2 aliphatic heterocycles. The number of nitrogens with zero attached hydrogens (tertiary/aromatic N) is 4. The van der Waals surface area contributed by atoms with Crippen LogP contribution in [-0.2, 0) is 4.74 Å². The van der Waals surface area contributed by atoms with E-state index < -0.39 is 11.9 Å². The molecule has 1 spiro atoms. The number of aliphatic hydroxyl groups is 1. The summed E-state index contributed by atoms with van der Waals surface area (Å²) in [6.07, 6.45) is 1.38. The minimum absolute atomic E-state index is 0.0792. The number of hydrogen-bond acceptors (Lipinski definition) is 9. The number of hydrogen-bond donors (Lipinski definition) is 2. The summed E-state index contributed by atoms with van der Waals surface area (Å²) in [6.45, 7) is 9.52. The second-order valence-corrected chi connectivity index (χ2v) is 10.2. The first kappa shape index (κ1) is 25.6. The summed E-state index contributed by atoms with van der Waals surface area (Å²) < 4.78 is 31.9. The Balaban J connectivity index is 1.54. The van der Waals surface area contributed by atoms with Gasteiger partial charge in [0.05, 0.1) is 22.5 Å². The number of anilines is 1. The van der Waals surface area contributed by atoms with Crippen molar-refractivity contribution in [1.29, 1.82) is 0 Å². The van der Waals surface area contributed by atoms with Crippen molar-refractivity contribution in [3.05, 3.63) is 41.0 Å². The first-order chi connectivity index (χ1) is 17.8. The molecule has 2 saturated heterocycles. The van der Waals surface area contributed by atoms with Gasteiger partial charge in [0.15, 0.2) is 5.82 Å². The summed E-state index contributed by atoms with van der Waals surface area (Å²) in [4.78, 5) is 12.0. The van der Waals surface area contributed by atoms with Gasteiger partial charge in [-0.2, -0.15) is 0 Å². The third kappa shape index (κ3) is 5.05. The number of nitrogens with one attached hydrogen (secondary N) is 1. The summed E-state index contributed by atoms with van der Waals surface area (Å²) in [7, 11) is 1.75. The van der Waals surface area contributed by atoms with E-state index in [1.165, 1.54) is 6.07 Å². The SMILES string of the molecule is CNC[C@@H](O)COc1ccc(F)c(-c2nc(-c3c(C)noc3C)c(C)c(N3CC4(CCOCC4)C3)n2)c1. The monoisotopic (exact) mass is 511 g/mol. The molecule has 1 atom stereocenters. The molecule has 1 aromatic carbocycles. The highest BCUT2D eigenvalue weighted by molar-refractivity contribution is 5.75.